The molecule has 0 aliphatic heterocycles. The minimum atomic E-state index is -4.38. The first kappa shape index (κ1) is 52.5. The van der Waals surface area contributed by atoms with Gasteiger partial charge in [-0.2, -0.15) is 0 Å². The molecule has 0 heterocycles. The van der Waals surface area contributed by atoms with Gasteiger partial charge in [-0.05, 0) is 44.9 Å². The van der Waals surface area contributed by atoms with E-state index in [9.17, 15) is 19.0 Å². The van der Waals surface area contributed by atoms with Crippen LogP contribution in [0.15, 0.2) is 24.3 Å². The van der Waals surface area contributed by atoms with E-state index in [-0.39, 0.29) is 38.6 Å². The second kappa shape index (κ2) is 41.1. The topological polar surface area (TPSA) is 134 Å². The van der Waals surface area contributed by atoms with E-state index in [2.05, 4.69) is 38.2 Å². The molecule has 0 spiro atoms. The monoisotopic (exact) mass is 786 g/mol. The average Bonchev–Trinajstić information content (AvgIpc) is 3.16. The number of carbonyl (C=O) groups is 2. The van der Waals surface area contributed by atoms with Gasteiger partial charge >= 0.3 is 19.8 Å². The third-order valence-corrected chi connectivity index (χ3v) is 10.6. The highest BCUT2D eigenvalue weighted by molar-refractivity contribution is 7.47. The summed E-state index contributed by atoms with van der Waals surface area (Å²) in [6, 6.07) is 0. The second-order valence-corrected chi connectivity index (χ2v) is 16.4. The predicted molar refractivity (Wildman–Crippen MR) is 224 cm³/mol. The molecule has 0 aliphatic rings. The zero-order valence-electron chi connectivity index (χ0n) is 35.0. The summed E-state index contributed by atoms with van der Waals surface area (Å²) < 4.78 is 32.8. The van der Waals surface area contributed by atoms with E-state index in [0.29, 0.717) is 6.42 Å². The summed E-state index contributed by atoms with van der Waals surface area (Å²) in [4.78, 5) is 34.9. The van der Waals surface area contributed by atoms with E-state index in [1.807, 2.05) is 0 Å². The number of phosphoric ester groups is 1. The van der Waals surface area contributed by atoms with Crippen LogP contribution in [0.2, 0.25) is 0 Å². The third-order valence-electron chi connectivity index (χ3n) is 9.59. The minimum absolute atomic E-state index is 0.0525. The smallest absolute Gasteiger partial charge is 0.462 e. The van der Waals surface area contributed by atoms with Gasteiger partial charge in [0.2, 0.25) is 0 Å². The number of carbonyl (C=O) groups excluding carboxylic acids is 2. The Morgan fingerprint density at radius 1 is 0.556 bits per heavy atom. The molecule has 0 saturated carbocycles. The number of hydrogen-bond donors (Lipinski definition) is 2. The molecule has 10 heteroatoms. The summed E-state index contributed by atoms with van der Waals surface area (Å²) in [6.07, 6.45) is 43.5. The maximum Gasteiger partial charge on any atom is 0.472 e. The van der Waals surface area contributed by atoms with Gasteiger partial charge in [0.05, 0.1) is 13.2 Å². The predicted octanol–water partition coefficient (Wildman–Crippen LogP) is 12.8. The van der Waals surface area contributed by atoms with Crippen LogP contribution in [-0.4, -0.2) is 49.3 Å². The summed E-state index contributed by atoms with van der Waals surface area (Å²) in [6.45, 7) is 3.71. The zero-order chi connectivity index (χ0) is 39.6. The highest BCUT2D eigenvalue weighted by atomic mass is 31.2. The molecule has 0 rings (SSSR count). The highest BCUT2D eigenvalue weighted by Gasteiger charge is 2.26. The van der Waals surface area contributed by atoms with E-state index in [1.165, 1.54) is 122 Å². The van der Waals surface area contributed by atoms with Gasteiger partial charge in [0, 0.05) is 19.4 Å². The van der Waals surface area contributed by atoms with Crippen molar-refractivity contribution in [3.8, 4) is 0 Å². The van der Waals surface area contributed by atoms with E-state index >= 15 is 0 Å². The van der Waals surface area contributed by atoms with Crippen molar-refractivity contribution in [3.63, 3.8) is 0 Å². The van der Waals surface area contributed by atoms with Crippen molar-refractivity contribution in [2.45, 2.75) is 219 Å². The first-order valence-electron chi connectivity index (χ1n) is 22.3. The van der Waals surface area contributed by atoms with Gasteiger partial charge in [0.1, 0.15) is 6.61 Å². The van der Waals surface area contributed by atoms with E-state index < -0.39 is 26.5 Å². The second-order valence-electron chi connectivity index (χ2n) is 14.9. The SMILES string of the molecule is CCCCC/C=C/C/C=C/CCCCCCCC(=O)O[C@H](COC(=O)CCCCCCCCCCCCCCCCCCCC)COP(=O)(O)OCCN. The van der Waals surface area contributed by atoms with Crippen LogP contribution < -0.4 is 5.73 Å². The van der Waals surface area contributed by atoms with Gasteiger partial charge in [-0.15, -0.1) is 0 Å². The summed E-state index contributed by atoms with van der Waals surface area (Å²) in [7, 11) is -4.38. The number of ether oxygens (including phenoxy) is 2. The molecular formula is C44H84NO8P. The van der Waals surface area contributed by atoms with Gasteiger partial charge in [-0.1, -0.05) is 179 Å². The molecule has 2 atom stereocenters. The summed E-state index contributed by atoms with van der Waals surface area (Å²) in [5, 5.41) is 0. The van der Waals surface area contributed by atoms with Crippen LogP contribution in [0.5, 0.6) is 0 Å². The minimum Gasteiger partial charge on any atom is -0.462 e. The Bertz CT molecular complexity index is 944. The van der Waals surface area contributed by atoms with Crippen LogP contribution in [-0.2, 0) is 32.7 Å². The van der Waals surface area contributed by atoms with Gasteiger partial charge in [0.25, 0.3) is 0 Å². The fraction of sp³-hybridized carbons (Fsp3) is 0.864. The normalized spacial score (nSPS) is 13.5. The molecule has 54 heavy (non-hydrogen) atoms. The summed E-state index contributed by atoms with van der Waals surface area (Å²) in [5.74, 6) is -0.836. The zero-order valence-corrected chi connectivity index (χ0v) is 35.9. The summed E-state index contributed by atoms with van der Waals surface area (Å²) >= 11 is 0. The molecule has 0 fully saturated rings. The van der Waals surface area contributed by atoms with E-state index in [4.69, 9.17) is 24.3 Å². The fourth-order valence-electron chi connectivity index (χ4n) is 6.25. The van der Waals surface area contributed by atoms with Crippen molar-refractivity contribution in [3.05, 3.63) is 24.3 Å². The fourth-order valence-corrected chi connectivity index (χ4v) is 7.02. The van der Waals surface area contributed by atoms with Gasteiger partial charge in [-0.3, -0.25) is 18.6 Å². The van der Waals surface area contributed by atoms with Crippen LogP contribution >= 0.6 is 7.82 Å². The van der Waals surface area contributed by atoms with Crippen molar-refractivity contribution in [1.29, 1.82) is 0 Å². The van der Waals surface area contributed by atoms with Crippen LogP contribution in [0, 0.1) is 0 Å². The lowest BCUT2D eigenvalue weighted by molar-refractivity contribution is -0.161. The lowest BCUT2D eigenvalue weighted by Gasteiger charge is -2.19. The van der Waals surface area contributed by atoms with Crippen LogP contribution in [0.25, 0.3) is 0 Å². The molecular weight excluding hydrogens is 701 g/mol. The Morgan fingerprint density at radius 3 is 1.44 bits per heavy atom. The summed E-state index contributed by atoms with van der Waals surface area (Å²) in [5.41, 5.74) is 5.35. The molecule has 0 aromatic heterocycles. The number of rotatable bonds is 42. The molecule has 0 aromatic carbocycles. The molecule has 0 aromatic rings. The molecule has 0 bridgehead atoms. The molecule has 0 aliphatic carbocycles. The quantitative estimate of drug-likeness (QED) is 0.0268. The lowest BCUT2D eigenvalue weighted by Crippen LogP contribution is -2.29. The van der Waals surface area contributed by atoms with Gasteiger partial charge in [-0.25, -0.2) is 4.57 Å². The molecule has 0 radical (unpaired) electrons. The Balaban J connectivity index is 4.12. The molecule has 1 unspecified atom stereocenters. The first-order valence-corrected chi connectivity index (χ1v) is 23.8. The van der Waals surface area contributed by atoms with Crippen molar-refractivity contribution >= 4 is 19.8 Å². The number of hydrogen-bond acceptors (Lipinski definition) is 8. The maximum absolute atomic E-state index is 12.6. The van der Waals surface area contributed by atoms with E-state index in [0.717, 1.165) is 57.8 Å². The van der Waals surface area contributed by atoms with Crippen molar-refractivity contribution in [2.24, 2.45) is 5.73 Å². The van der Waals surface area contributed by atoms with Crippen LogP contribution in [0.4, 0.5) is 0 Å². The molecule has 3 N–H and O–H groups in total. The Morgan fingerprint density at radius 2 is 0.963 bits per heavy atom. The average molecular weight is 786 g/mol. The van der Waals surface area contributed by atoms with Crippen LogP contribution in [0.3, 0.4) is 0 Å². The standard InChI is InChI=1S/C44H84NO8P/c1-3-5-7-9-11-13-15-17-19-20-21-23-24-26-28-30-32-34-36-43(46)50-40-42(41-52-54(48,49)51-39-38-45)53-44(47)37-35-33-31-29-27-25-22-18-16-14-12-10-8-6-4-2/h12,14,18,22,42H,3-11,13,15-17,19-21,23-41,45H2,1-2H3,(H,48,49)/b14-12+,22-18+/t42-/m1/s1. The van der Waals surface area contributed by atoms with Gasteiger partial charge in [0.15, 0.2) is 6.10 Å². The Labute approximate surface area is 332 Å². The number of allylic oxidation sites excluding steroid dienone is 4. The number of nitrogens with two attached hydrogens (primary N) is 1. The third kappa shape index (κ3) is 40.2. The van der Waals surface area contributed by atoms with Crippen molar-refractivity contribution in [1.82, 2.24) is 0 Å². The number of phosphoric acid groups is 1. The number of unbranched alkanes of at least 4 members (excludes halogenated alkanes) is 25. The first-order chi connectivity index (χ1) is 26.3. The number of esters is 2. The molecule has 318 valence electrons. The molecule has 9 nitrogen and oxygen atoms in total. The Kier molecular flexibility index (Phi) is 40.0. The molecule has 0 amide bonds. The Hall–Kier alpha value is -1.51. The maximum atomic E-state index is 12.6. The lowest BCUT2D eigenvalue weighted by atomic mass is 10.0. The van der Waals surface area contributed by atoms with E-state index in [1.54, 1.807) is 0 Å². The van der Waals surface area contributed by atoms with Crippen molar-refractivity contribution in [2.75, 3.05) is 26.4 Å². The van der Waals surface area contributed by atoms with Crippen molar-refractivity contribution < 1.29 is 37.6 Å². The highest BCUT2D eigenvalue weighted by Crippen LogP contribution is 2.43. The van der Waals surface area contributed by atoms with Gasteiger partial charge < -0.3 is 20.1 Å². The largest absolute Gasteiger partial charge is 0.472 e. The van der Waals surface area contributed by atoms with Crippen LogP contribution in [0.1, 0.15) is 213 Å². The molecule has 0 saturated heterocycles.